The number of fused-ring (bicyclic) bond motifs is 1. The second-order valence-corrected chi connectivity index (χ2v) is 8.69. The van der Waals surface area contributed by atoms with Crippen molar-refractivity contribution >= 4 is 21.6 Å². The average Bonchev–Trinajstić information content (AvgIpc) is 3.22. The molecule has 0 spiro atoms. The van der Waals surface area contributed by atoms with Crippen molar-refractivity contribution in [1.82, 2.24) is 9.97 Å². The Bertz CT molecular complexity index is 1380. The Morgan fingerprint density at radius 3 is 2.10 bits per heavy atom. The van der Waals surface area contributed by atoms with Crippen LogP contribution in [0.5, 0.6) is 0 Å². The molecular weight excluding hydrogens is 400 g/mol. The summed E-state index contributed by atoms with van der Waals surface area (Å²) in [5, 5.41) is 2.71. The standard InChI is InChI=1S/C27H22N2OS/c1-17-13-14-21(15-18(17)2)22-16-31-27-24(22)26(30)28-25(29-27)23(19-9-5-3-6-10-19)20-11-7-4-8-12-20/h3-16,23H,1-2H3,(H,28,29,30). The van der Waals surface area contributed by atoms with Gasteiger partial charge in [0.25, 0.3) is 5.56 Å². The molecule has 4 heteroatoms. The highest BCUT2D eigenvalue weighted by molar-refractivity contribution is 7.17. The van der Waals surface area contributed by atoms with Crippen LogP contribution in [0.3, 0.4) is 0 Å². The van der Waals surface area contributed by atoms with E-state index in [4.69, 9.17) is 4.98 Å². The molecule has 0 bridgehead atoms. The molecule has 0 aliphatic carbocycles. The van der Waals surface area contributed by atoms with Gasteiger partial charge in [0, 0.05) is 10.9 Å². The third-order valence-electron chi connectivity index (χ3n) is 5.82. The summed E-state index contributed by atoms with van der Waals surface area (Å²) >= 11 is 1.52. The third kappa shape index (κ3) is 3.60. The van der Waals surface area contributed by atoms with Crippen LogP contribution < -0.4 is 5.56 Å². The molecule has 152 valence electrons. The number of aromatic nitrogens is 2. The first kappa shape index (κ1) is 19.5. The van der Waals surface area contributed by atoms with Crippen LogP contribution in [0.15, 0.2) is 89.0 Å². The van der Waals surface area contributed by atoms with Gasteiger partial charge in [0.05, 0.1) is 11.3 Å². The van der Waals surface area contributed by atoms with Crippen LogP contribution in [0.2, 0.25) is 0 Å². The van der Waals surface area contributed by atoms with Gasteiger partial charge in [-0.25, -0.2) is 4.98 Å². The molecule has 0 aliphatic heterocycles. The minimum absolute atomic E-state index is 0.0914. The maximum Gasteiger partial charge on any atom is 0.260 e. The molecule has 3 nitrogen and oxygen atoms in total. The Balaban J connectivity index is 1.68. The topological polar surface area (TPSA) is 45.8 Å². The summed E-state index contributed by atoms with van der Waals surface area (Å²) in [6.07, 6.45) is 0. The smallest absolute Gasteiger partial charge is 0.260 e. The number of nitrogens with one attached hydrogen (secondary N) is 1. The van der Waals surface area contributed by atoms with Gasteiger partial charge < -0.3 is 4.98 Å². The van der Waals surface area contributed by atoms with Crippen molar-refractivity contribution in [2.75, 3.05) is 0 Å². The number of thiophene rings is 1. The summed E-state index contributed by atoms with van der Waals surface area (Å²) in [5.41, 5.74) is 6.56. The van der Waals surface area contributed by atoms with Crippen LogP contribution in [0.1, 0.15) is 34.0 Å². The minimum Gasteiger partial charge on any atom is -0.309 e. The molecule has 0 aliphatic rings. The first-order chi connectivity index (χ1) is 15.1. The van der Waals surface area contributed by atoms with E-state index < -0.39 is 0 Å². The summed E-state index contributed by atoms with van der Waals surface area (Å²) in [6.45, 7) is 4.19. The Hall–Kier alpha value is -3.50. The number of nitrogens with zero attached hydrogens (tertiary/aromatic N) is 1. The predicted octanol–water partition coefficient (Wildman–Crippen LogP) is 6.45. The molecule has 0 atom stereocenters. The molecule has 3 aromatic carbocycles. The number of aromatic amines is 1. The highest BCUT2D eigenvalue weighted by Crippen LogP contribution is 2.34. The Morgan fingerprint density at radius 1 is 0.839 bits per heavy atom. The molecule has 5 aromatic rings. The highest BCUT2D eigenvalue weighted by atomic mass is 32.1. The lowest BCUT2D eigenvalue weighted by atomic mass is 9.90. The van der Waals surface area contributed by atoms with Gasteiger partial charge in [0.15, 0.2) is 0 Å². The summed E-state index contributed by atoms with van der Waals surface area (Å²) in [7, 11) is 0. The number of benzene rings is 3. The summed E-state index contributed by atoms with van der Waals surface area (Å²) < 4.78 is 0. The van der Waals surface area contributed by atoms with Gasteiger partial charge >= 0.3 is 0 Å². The van der Waals surface area contributed by atoms with E-state index in [1.807, 2.05) is 41.8 Å². The lowest BCUT2D eigenvalue weighted by molar-refractivity contribution is 0.860. The van der Waals surface area contributed by atoms with Crippen LogP contribution in [-0.2, 0) is 0 Å². The molecule has 2 aromatic heterocycles. The van der Waals surface area contributed by atoms with Crippen molar-refractivity contribution in [3.8, 4) is 11.1 Å². The second kappa shape index (κ2) is 7.97. The number of rotatable bonds is 4. The van der Waals surface area contributed by atoms with Crippen molar-refractivity contribution < 1.29 is 0 Å². The van der Waals surface area contributed by atoms with E-state index in [2.05, 4.69) is 61.3 Å². The summed E-state index contributed by atoms with van der Waals surface area (Å²) in [5.74, 6) is 0.537. The highest BCUT2D eigenvalue weighted by Gasteiger charge is 2.21. The van der Waals surface area contributed by atoms with Gasteiger partial charge in [0.2, 0.25) is 0 Å². The number of hydrogen-bond acceptors (Lipinski definition) is 3. The second-order valence-electron chi connectivity index (χ2n) is 7.83. The molecule has 1 N–H and O–H groups in total. The molecular formula is C27H22N2OS. The monoisotopic (exact) mass is 422 g/mol. The van der Waals surface area contributed by atoms with E-state index in [9.17, 15) is 4.79 Å². The van der Waals surface area contributed by atoms with Crippen molar-refractivity contribution in [2.24, 2.45) is 0 Å². The Kier molecular flexibility index (Phi) is 5.00. The van der Waals surface area contributed by atoms with Crippen LogP contribution in [0, 0.1) is 13.8 Å². The molecule has 0 radical (unpaired) electrons. The number of aryl methyl sites for hydroxylation is 2. The van der Waals surface area contributed by atoms with Crippen molar-refractivity contribution in [2.45, 2.75) is 19.8 Å². The zero-order valence-electron chi connectivity index (χ0n) is 17.4. The van der Waals surface area contributed by atoms with Gasteiger partial charge in [0.1, 0.15) is 10.7 Å². The lowest BCUT2D eigenvalue weighted by Gasteiger charge is -2.17. The van der Waals surface area contributed by atoms with Crippen LogP contribution in [0.25, 0.3) is 21.3 Å². The fourth-order valence-electron chi connectivity index (χ4n) is 4.02. The van der Waals surface area contributed by atoms with Crippen LogP contribution in [-0.4, -0.2) is 9.97 Å². The third-order valence-corrected chi connectivity index (χ3v) is 6.69. The van der Waals surface area contributed by atoms with Crippen molar-refractivity contribution in [3.05, 3.63) is 123 Å². The quantitative estimate of drug-likeness (QED) is 0.362. The van der Waals surface area contributed by atoms with Gasteiger partial charge in [-0.2, -0.15) is 0 Å². The average molecular weight is 423 g/mol. The first-order valence-electron chi connectivity index (χ1n) is 10.3. The van der Waals surface area contributed by atoms with Gasteiger partial charge in [-0.1, -0.05) is 78.9 Å². The summed E-state index contributed by atoms with van der Waals surface area (Å²) in [4.78, 5) is 22.1. The molecule has 31 heavy (non-hydrogen) atoms. The van der Waals surface area contributed by atoms with E-state index in [1.54, 1.807) is 0 Å². The normalized spacial score (nSPS) is 11.3. The fourth-order valence-corrected chi connectivity index (χ4v) is 4.98. The number of hydrogen-bond donors (Lipinski definition) is 1. The van der Waals surface area contributed by atoms with Gasteiger partial charge in [-0.05, 0) is 41.7 Å². The molecule has 0 saturated heterocycles. The number of H-pyrrole nitrogens is 1. The van der Waals surface area contributed by atoms with E-state index >= 15 is 0 Å². The fraction of sp³-hybridized carbons (Fsp3) is 0.111. The van der Waals surface area contributed by atoms with Crippen molar-refractivity contribution in [1.29, 1.82) is 0 Å². The molecule has 2 heterocycles. The van der Waals surface area contributed by atoms with E-state index in [0.717, 1.165) is 27.1 Å². The molecule has 0 amide bonds. The van der Waals surface area contributed by atoms with Gasteiger partial charge in [-0.15, -0.1) is 11.3 Å². The molecule has 0 fully saturated rings. The molecule has 5 rings (SSSR count). The summed E-state index contributed by atoms with van der Waals surface area (Å²) in [6, 6.07) is 26.7. The largest absolute Gasteiger partial charge is 0.309 e. The van der Waals surface area contributed by atoms with E-state index in [1.165, 1.54) is 22.5 Å². The van der Waals surface area contributed by atoms with E-state index in [0.29, 0.717) is 11.2 Å². The molecule has 0 saturated carbocycles. The first-order valence-corrected chi connectivity index (χ1v) is 11.2. The van der Waals surface area contributed by atoms with Crippen LogP contribution >= 0.6 is 11.3 Å². The minimum atomic E-state index is -0.133. The predicted molar refractivity (Wildman–Crippen MR) is 129 cm³/mol. The zero-order valence-corrected chi connectivity index (χ0v) is 18.2. The maximum atomic E-state index is 13.3. The zero-order chi connectivity index (χ0) is 21.4. The van der Waals surface area contributed by atoms with Crippen molar-refractivity contribution in [3.63, 3.8) is 0 Å². The lowest BCUT2D eigenvalue weighted by Crippen LogP contribution is -2.16. The SMILES string of the molecule is Cc1ccc(-c2csc3nc(C(c4ccccc4)c4ccccc4)[nH]c(=O)c23)cc1C. The van der Waals surface area contributed by atoms with Gasteiger partial charge in [-0.3, -0.25) is 4.79 Å². The molecule has 0 unspecified atom stereocenters. The van der Waals surface area contributed by atoms with E-state index in [-0.39, 0.29) is 11.5 Å². The Morgan fingerprint density at radius 2 is 1.48 bits per heavy atom. The van der Waals surface area contributed by atoms with Crippen LogP contribution in [0.4, 0.5) is 0 Å². The maximum absolute atomic E-state index is 13.3. The Labute approximate surface area is 185 Å².